The van der Waals surface area contributed by atoms with E-state index in [2.05, 4.69) is 27.9 Å². The molecule has 1 aromatic carbocycles. The van der Waals surface area contributed by atoms with Crippen molar-refractivity contribution in [2.75, 3.05) is 53.0 Å². The minimum atomic E-state index is -0.904. The molecule has 2 saturated heterocycles. The van der Waals surface area contributed by atoms with E-state index < -0.39 is 5.60 Å². The number of allylic oxidation sites excluding steroid dienone is 1. The molecule has 2 fully saturated rings. The van der Waals surface area contributed by atoms with Gasteiger partial charge in [0.2, 0.25) is 0 Å². The lowest BCUT2D eigenvalue weighted by Gasteiger charge is -2.36. The van der Waals surface area contributed by atoms with Crippen molar-refractivity contribution in [3.63, 3.8) is 0 Å². The molecule has 0 aromatic heterocycles. The van der Waals surface area contributed by atoms with Gasteiger partial charge in [0.25, 0.3) is 0 Å². The first kappa shape index (κ1) is 23.1. The SMILES string of the molecule is C=C/C(=C1/C=C(c2ccc([C@]3(O)CCOC3)cc2)NC1=NC)N1CCN(C(=O)OCC)CC1. The van der Waals surface area contributed by atoms with Gasteiger partial charge in [-0.15, -0.1) is 0 Å². The van der Waals surface area contributed by atoms with Crippen LogP contribution < -0.4 is 5.32 Å². The van der Waals surface area contributed by atoms with E-state index in [0.29, 0.717) is 52.4 Å². The van der Waals surface area contributed by atoms with E-state index in [1.165, 1.54) is 0 Å². The van der Waals surface area contributed by atoms with E-state index in [9.17, 15) is 9.90 Å². The Kier molecular flexibility index (Phi) is 6.85. The van der Waals surface area contributed by atoms with Crippen LogP contribution in [0.1, 0.15) is 24.5 Å². The van der Waals surface area contributed by atoms with Crippen molar-refractivity contribution >= 4 is 17.6 Å². The molecule has 1 amide bonds. The van der Waals surface area contributed by atoms with E-state index in [0.717, 1.165) is 33.9 Å². The monoisotopic (exact) mass is 452 g/mol. The van der Waals surface area contributed by atoms with Crippen molar-refractivity contribution in [2.45, 2.75) is 18.9 Å². The van der Waals surface area contributed by atoms with Crippen LogP contribution in [0.4, 0.5) is 4.79 Å². The second-order valence-electron chi connectivity index (χ2n) is 8.34. The van der Waals surface area contributed by atoms with Crippen molar-refractivity contribution in [1.29, 1.82) is 0 Å². The third-order valence-corrected chi connectivity index (χ3v) is 6.37. The van der Waals surface area contributed by atoms with E-state index in [-0.39, 0.29) is 6.09 Å². The van der Waals surface area contributed by atoms with E-state index in [1.807, 2.05) is 37.3 Å². The maximum absolute atomic E-state index is 12.0. The highest BCUT2D eigenvalue weighted by molar-refractivity contribution is 6.11. The third kappa shape index (κ3) is 4.67. The first-order valence-corrected chi connectivity index (χ1v) is 11.4. The molecule has 0 bridgehead atoms. The number of nitrogens with zero attached hydrogens (tertiary/aromatic N) is 3. The number of hydrogen-bond donors (Lipinski definition) is 2. The molecule has 0 aliphatic carbocycles. The summed E-state index contributed by atoms with van der Waals surface area (Å²) in [6, 6.07) is 7.93. The average Bonchev–Trinajstić information content (AvgIpc) is 3.48. The molecule has 0 spiro atoms. The number of carbonyl (C=O) groups is 1. The van der Waals surface area contributed by atoms with Crippen LogP contribution in [0, 0.1) is 0 Å². The number of ether oxygens (including phenoxy) is 2. The molecule has 1 atom stereocenters. The molecule has 33 heavy (non-hydrogen) atoms. The molecular formula is C25H32N4O4. The summed E-state index contributed by atoms with van der Waals surface area (Å²) in [4.78, 5) is 20.4. The summed E-state index contributed by atoms with van der Waals surface area (Å²) < 4.78 is 10.5. The fourth-order valence-corrected chi connectivity index (χ4v) is 4.47. The quantitative estimate of drug-likeness (QED) is 0.714. The van der Waals surface area contributed by atoms with Gasteiger partial charge in [-0.05, 0) is 30.2 Å². The molecule has 1 aromatic rings. The summed E-state index contributed by atoms with van der Waals surface area (Å²) in [5, 5.41) is 14.2. The van der Waals surface area contributed by atoms with Crippen LogP contribution in [0.15, 0.2) is 59.3 Å². The Hall–Kier alpha value is -3.10. The lowest BCUT2D eigenvalue weighted by Crippen LogP contribution is -2.48. The lowest BCUT2D eigenvalue weighted by molar-refractivity contribution is 0.0232. The van der Waals surface area contributed by atoms with Crippen LogP contribution >= 0.6 is 0 Å². The molecule has 3 aliphatic rings. The van der Waals surface area contributed by atoms with Crippen molar-refractivity contribution in [2.24, 2.45) is 4.99 Å². The van der Waals surface area contributed by atoms with Gasteiger partial charge in [0.05, 0.1) is 13.2 Å². The van der Waals surface area contributed by atoms with Gasteiger partial charge in [0.1, 0.15) is 11.4 Å². The maximum atomic E-state index is 12.0. The average molecular weight is 453 g/mol. The van der Waals surface area contributed by atoms with E-state index in [4.69, 9.17) is 9.47 Å². The summed E-state index contributed by atoms with van der Waals surface area (Å²) in [6.07, 6.45) is 4.28. The van der Waals surface area contributed by atoms with Crippen LogP contribution in [0.25, 0.3) is 5.70 Å². The summed E-state index contributed by atoms with van der Waals surface area (Å²) in [6.45, 7) is 9.72. The summed E-state index contributed by atoms with van der Waals surface area (Å²) in [5.74, 6) is 0.777. The fourth-order valence-electron chi connectivity index (χ4n) is 4.47. The van der Waals surface area contributed by atoms with Gasteiger partial charge >= 0.3 is 6.09 Å². The Bertz CT molecular complexity index is 982. The number of aliphatic hydroxyl groups is 1. The number of aliphatic imine (C=N–C) groups is 1. The van der Waals surface area contributed by atoms with E-state index >= 15 is 0 Å². The van der Waals surface area contributed by atoms with Crippen LogP contribution in [0.5, 0.6) is 0 Å². The maximum Gasteiger partial charge on any atom is 0.409 e. The zero-order chi connectivity index (χ0) is 23.4. The highest BCUT2D eigenvalue weighted by Gasteiger charge is 2.34. The van der Waals surface area contributed by atoms with Crippen LogP contribution in [-0.2, 0) is 15.1 Å². The largest absolute Gasteiger partial charge is 0.450 e. The van der Waals surface area contributed by atoms with E-state index in [1.54, 1.807) is 11.9 Å². The number of rotatable bonds is 5. The third-order valence-electron chi connectivity index (χ3n) is 6.37. The molecule has 0 saturated carbocycles. The molecule has 176 valence electrons. The van der Waals surface area contributed by atoms with Gasteiger partial charge in [-0.1, -0.05) is 30.8 Å². The van der Waals surface area contributed by atoms with Gasteiger partial charge in [0.15, 0.2) is 0 Å². The summed E-state index contributed by atoms with van der Waals surface area (Å²) >= 11 is 0. The molecule has 8 heteroatoms. The number of piperazine rings is 1. The van der Waals surface area contributed by atoms with Gasteiger partial charge < -0.3 is 29.7 Å². The summed E-state index contributed by atoms with van der Waals surface area (Å²) in [5.41, 5.74) is 3.87. The first-order chi connectivity index (χ1) is 16.0. The zero-order valence-electron chi connectivity index (χ0n) is 19.3. The second kappa shape index (κ2) is 9.80. The van der Waals surface area contributed by atoms with Gasteiger partial charge in [-0.25, -0.2) is 4.79 Å². The van der Waals surface area contributed by atoms with Crippen LogP contribution in [0.2, 0.25) is 0 Å². The fraction of sp³-hybridized carbons (Fsp3) is 0.440. The minimum absolute atomic E-state index is 0.261. The molecular weight excluding hydrogens is 420 g/mol. The van der Waals surface area contributed by atoms with Crippen molar-refractivity contribution in [3.8, 4) is 0 Å². The normalized spacial score (nSPS) is 25.7. The summed E-state index contributed by atoms with van der Waals surface area (Å²) in [7, 11) is 1.76. The molecule has 8 nitrogen and oxygen atoms in total. The smallest absolute Gasteiger partial charge is 0.409 e. The van der Waals surface area contributed by atoms with Crippen molar-refractivity contribution in [3.05, 3.63) is 65.4 Å². The molecule has 3 aliphatic heterocycles. The van der Waals surface area contributed by atoms with Crippen LogP contribution in [0.3, 0.4) is 0 Å². The lowest BCUT2D eigenvalue weighted by atomic mass is 9.92. The number of amidine groups is 1. The number of hydrogen-bond acceptors (Lipinski definition) is 6. The predicted molar refractivity (Wildman–Crippen MR) is 128 cm³/mol. The Morgan fingerprint density at radius 3 is 2.55 bits per heavy atom. The van der Waals surface area contributed by atoms with Gasteiger partial charge in [-0.3, -0.25) is 4.99 Å². The van der Waals surface area contributed by atoms with Crippen molar-refractivity contribution in [1.82, 2.24) is 15.1 Å². The topological polar surface area (TPSA) is 86.6 Å². The number of amides is 1. The first-order valence-electron chi connectivity index (χ1n) is 11.4. The van der Waals surface area contributed by atoms with Gasteiger partial charge in [0, 0.05) is 63.2 Å². The Balaban J connectivity index is 1.54. The Morgan fingerprint density at radius 2 is 1.97 bits per heavy atom. The zero-order valence-corrected chi connectivity index (χ0v) is 19.3. The molecule has 4 rings (SSSR count). The molecule has 0 unspecified atom stereocenters. The van der Waals surface area contributed by atoms with Crippen LogP contribution in [-0.4, -0.2) is 79.9 Å². The highest BCUT2D eigenvalue weighted by atomic mass is 16.6. The second-order valence-corrected chi connectivity index (χ2v) is 8.34. The number of benzene rings is 1. The number of carbonyl (C=O) groups excluding carboxylic acids is 1. The highest BCUT2D eigenvalue weighted by Crippen LogP contribution is 2.32. The molecule has 2 N–H and O–H groups in total. The Labute approximate surface area is 194 Å². The van der Waals surface area contributed by atoms with Gasteiger partial charge in [-0.2, -0.15) is 0 Å². The predicted octanol–water partition coefficient (Wildman–Crippen LogP) is 2.48. The minimum Gasteiger partial charge on any atom is -0.450 e. The molecule has 0 radical (unpaired) electrons. The standard InChI is InChI=1S/C25H32N4O4/c1-4-22(28-11-13-29(14-12-28)24(30)33-5-2)20-16-21(27-23(20)26-3)18-6-8-19(9-7-18)25(31)10-15-32-17-25/h4,6-9,16,31H,1,5,10-15,17H2,2-3H3,(H,26,27)/b22-20+/t25-/m0/s1. The Morgan fingerprint density at radius 1 is 1.27 bits per heavy atom. The van der Waals surface area contributed by atoms with Crippen molar-refractivity contribution < 1.29 is 19.4 Å². The number of nitrogens with one attached hydrogen (secondary N) is 1. The molecule has 3 heterocycles.